The first-order valence-corrected chi connectivity index (χ1v) is 10.8. The van der Waals surface area contributed by atoms with E-state index in [2.05, 4.69) is 0 Å². The molecule has 1 unspecified atom stereocenters. The van der Waals surface area contributed by atoms with E-state index in [1.54, 1.807) is 6.07 Å². The van der Waals surface area contributed by atoms with Gasteiger partial charge in [-0.2, -0.15) is 8.42 Å². The Labute approximate surface area is 186 Å². The minimum Gasteiger partial charge on any atom is -0.507 e. The quantitative estimate of drug-likeness (QED) is 0.239. The second-order valence-corrected chi connectivity index (χ2v) is 9.31. The van der Waals surface area contributed by atoms with E-state index in [0.29, 0.717) is 0 Å². The van der Waals surface area contributed by atoms with Crippen LogP contribution in [0.4, 0.5) is 0 Å². The predicted octanol–water partition coefficient (Wildman–Crippen LogP) is 5.89. The van der Waals surface area contributed by atoms with Crippen LogP contribution in [0.5, 0.6) is 11.5 Å². The molecule has 3 rings (SSSR count). The first-order valence-electron chi connectivity index (χ1n) is 7.89. The Hall–Kier alpha value is -1.67. The molecule has 0 aliphatic rings. The maximum absolute atomic E-state index is 13.0. The molecule has 0 aliphatic heterocycles. The molecule has 0 bridgehead atoms. The van der Waals surface area contributed by atoms with Crippen molar-refractivity contribution in [3.8, 4) is 11.5 Å². The van der Waals surface area contributed by atoms with Gasteiger partial charge in [-0.15, -0.1) is 0 Å². The Kier molecular flexibility index (Phi) is 5.98. The summed E-state index contributed by atoms with van der Waals surface area (Å²) >= 11 is 24.3. The third-order valence-electron chi connectivity index (χ3n) is 4.37. The minimum atomic E-state index is -5.14. The number of halogens is 4. The lowest BCUT2D eigenvalue weighted by atomic mass is 9.83. The first-order chi connectivity index (χ1) is 13.5. The van der Waals surface area contributed by atoms with E-state index >= 15 is 0 Å². The molecular formula is C19H12Cl4O5S. The summed E-state index contributed by atoms with van der Waals surface area (Å²) in [6, 6.07) is 11.9. The largest absolute Gasteiger partial charge is 0.507 e. The van der Waals surface area contributed by atoms with Crippen molar-refractivity contribution in [2.24, 2.45) is 0 Å². The molecule has 3 aromatic rings. The first kappa shape index (κ1) is 22.0. The van der Waals surface area contributed by atoms with Gasteiger partial charge in [-0.3, -0.25) is 4.55 Å². The fourth-order valence-electron chi connectivity index (χ4n) is 3.26. The number of aromatic hydroxyl groups is 2. The molecule has 0 fully saturated rings. The number of hydrogen-bond acceptors (Lipinski definition) is 4. The van der Waals surface area contributed by atoms with Crippen LogP contribution in [-0.2, 0) is 14.9 Å². The number of hydrogen-bond donors (Lipinski definition) is 3. The molecule has 0 heterocycles. The van der Waals surface area contributed by atoms with E-state index in [1.807, 2.05) is 0 Å². The lowest BCUT2D eigenvalue weighted by Crippen LogP contribution is -2.38. The van der Waals surface area contributed by atoms with Crippen LogP contribution in [0.3, 0.4) is 0 Å². The van der Waals surface area contributed by atoms with Crippen LogP contribution in [0.1, 0.15) is 16.7 Å². The second kappa shape index (κ2) is 7.87. The van der Waals surface area contributed by atoms with Crippen molar-refractivity contribution in [3.05, 3.63) is 91.4 Å². The summed E-state index contributed by atoms with van der Waals surface area (Å²) < 4.78 is 33.8. The highest BCUT2D eigenvalue weighted by atomic mass is 35.5. The molecule has 152 valence electrons. The van der Waals surface area contributed by atoms with Crippen LogP contribution in [0.25, 0.3) is 0 Å². The van der Waals surface area contributed by atoms with Gasteiger partial charge in [-0.05, 0) is 29.8 Å². The van der Waals surface area contributed by atoms with Gasteiger partial charge in [-0.1, -0.05) is 76.7 Å². The lowest BCUT2D eigenvalue weighted by molar-refractivity contribution is 0.416. The average molecular weight is 494 g/mol. The van der Waals surface area contributed by atoms with Gasteiger partial charge in [0.2, 0.25) is 0 Å². The van der Waals surface area contributed by atoms with Gasteiger partial charge < -0.3 is 10.2 Å². The van der Waals surface area contributed by atoms with E-state index in [9.17, 15) is 23.2 Å². The molecule has 5 nitrogen and oxygen atoms in total. The van der Waals surface area contributed by atoms with E-state index in [0.717, 1.165) is 18.2 Å². The highest BCUT2D eigenvalue weighted by molar-refractivity contribution is 7.87. The molecule has 3 N–H and O–H groups in total. The van der Waals surface area contributed by atoms with Gasteiger partial charge in [0, 0.05) is 15.6 Å². The van der Waals surface area contributed by atoms with Crippen molar-refractivity contribution in [2.45, 2.75) is 4.75 Å². The van der Waals surface area contributed by atoms with Crippen molar-refractivity contribution in [1.82, 2.24) is 0 Å². The third-order valence-corrected chi connectivity index (χ3v) is 7.06. The zero-order chi connectivity index (χ0) is 21.6. The molecule has 0 radical (unpaired) electrons. The van der Waals surface area contributed by atoms with E-state index in [4.69, 9.17) is 46.4 Å². The molecule has 0 aliphatic carbocycles. The second-order valence-electron chi connectivity index (χ2n) is 6.09. The smallest absolute Gasteiger partial charge is 0.283 e. The lowest BCUT2D eigenvalue weighted by Gasteiger charge is -2.34. The zero-order valence-electron chi connectivity index (χ0n) is 14.3. The SMILES string of the molecule is O=S(=O)(O)C(c1ccccc1)(c1cc(Cl)c(Cl)cc1Cl)c1c(O)cc(Cl)cc1O. The fraction of sp³-hybridized carbons (Fsp3) is 0.0526. The Morgan fingerprint density at radius 1 is 0.759 bits per heavy atom. The number of phenolic OH excluding ortho intramolecular Hbond substituents is 2. The minimum absolute atomic E-state index is 0.0179. The molecule has 0 saturated carbocycles. The predicted molar refractivity (Wildman–Crippen MR) is 114 cm³/mol. The third kappa shape index (κ3) is 3.65. The summed E-state index contributed by atoms with van der Waals surface area (Å²) in [5.41, 5.74) is -0.790. The number of benzene rings is 3. The van der Waals surface area contributed by atoms with Crippen molar-refractivity contribution < 1.29 is 23.2 Å². The summed E-state index contributed by atoms with van der Waals surface area (Å²) in [4.78, 5) is 0. The highest BCUT2D eigenvalue weighted by Gasteiger charge is 2.53. The molecule has 3 aromatic carbocycles. The van der Waals surface area contributed by atoms with Gasteiger partial charge in [0.25, 0.3) is 10.1 Å². The highest BCUT2D eigenvalue weighted by Crippen LogP contribution is 2.53. The number of rotatable bonds is 4. The van der Waals surface area contributed by atoms with Crippen LogP contribution in [0, 0.1) is 0 Å². The van der Waals surface area contributed by atoms with Gasteiger partial charge in [0.1, 0.15) is 11.5 Å². The van der Waals surface area contributed by atoms with Gasteiger partial charge >= 0.3 is 0 Å². The van der Waals surface area contributed by atoms with Crippen LogP contribution >= 0.6 is 46.4 Å². The summed E-state index contributed by atoms with van der Waals surface area (Å²) in [6.45, 7) is 0. The van der Waals surface area contributed by atoms with Crippen molar-refractivity contribution in [1.29, 1.82) is 0 Å². The summed E-state index contributed by atoms with van der Waals surface area (Å²) in [7, 11) is -5.14. The van der Waals surface area contributed by atoms with E-state index < -0.39 is 31.9 Å². The average Bonchev–Trinajstić information content (AvgIpc) is 2.61. The Morgan fingerprint density at radius 3 is 1.79 bits per heavy atom. The Balaban J connectivity index is 2.64. The standard InChI is InChI=1S/C19H12Cl4O5S/c20-11-6-16(24)18(17(25)7-11)19(29(26,27)28,10-4-2-1-3-5-10)12-8-14(22)15(23)9-13(12)21/h1-9,24-25H,(H,26,27,28). The van der Waals surface area contributed by atoms with Crippen molar-refractivity contribution in [2.75, 3.05) is 0 Å². The van der Waals surface area contributed by atoms with Crippen LogP contribution in [-0.4, -0.2) is 23.2 Å². The normalized spacial score (nSPS) is 13.8. The maximum Gasteiger partial charge on any atom is 0.283 e. The van der Waals surface area contributed by atoms with Crippen LogP contribution < -0.4 is 0 Å². The summed E-state index contributed by atoms with van der Waals surface area (Å²) in [5, 5.41) is 20.9. The summed E-state index contributed by atoms with van der Waals surface area (Å²) in [5.74, 6) is -1.36. The van der Waals surface area contributed by atoms with E-state index in [-0.39, 0.29) is 31.2 Å². The van der Waals surface area contributed by atoms with Crippen molar-refractivity contribution >= 4 is 56.5 Å². The molecule has 0 amide bonds. The van der Waals surface area contributed by atoms with E-state index in [1.165, 1.54) is 30.3 Å². The fourth-order valence-corrected chi connectivity index (χ4v) is 5.55. The van der Waals surface area contributed by atoms with Gasteiger partial charge in [-0.25, -0.2) is 0 Å². The molecule has 29 heavy (non-hydrogen) atoms. The molecule has 10 heteroatoms. The van der Waals surface area contributed by atoms with Crippen LogP contribution in [0.15, 0.2) is 54.6 Å². The Morgan fingerprint density at radius 2 is 1.28 bits per heavy atom. The zero-order valence-corrected chi connectivity index (χ0v) is 18.1. The molecule has 0 saturated heterocycles. The topological polar surface area (TPSA) is 94.8 Å². The van der Waals surface area contributed by atoms with Crippen molar-refractivity contribution in [3.63, 3.8) is 0 Å². The van der Waals surface area contributed by atoms with Gasteiger partial charge in [0.05, 0.1) is 15.6 Å². The molecule has 1 atom stereocenters. The molecular weight excluding hydrogens is 482 g/mol. The maximum atomic E-state index is 13.0. The monoisotopic (exact) mass is 492 g/mol. The van der Waals surface area contributed by atoms with Gasteiger partial charge in [0.15, 0.2) is 4.75 Å². The molecule has 0 spiro atoms. The van der Waals surface area contributed by atoms with Crippen LogP contribution in [0.2, 0.25) is 20.1 Å². The summed E-state index contributed by atoms with van der Waals surface area (Å²) in [6.07, 6.45) is 0. The number of phenols is 2. The Bertz CT molecular complexity index is 1180. The molecule has 0 aromatic heterocycles.